The Kier molecular flexibility index (Phi) is 5.37. The second-order valence-electron chi connectivity index (χ2n) is 6.26. The summed E-state index contributed by atoms with van der Waals surface area (Å²) in [5.41, 5.74) is 1.95. The van der Waals surface area contributed by atoms with Crippen molar-refractivity contribution in [1.82, 2.24) is 9.97 Å². The summed E-state index contributed by atoms with van der Waals surface area (Å²) in [4.78, 5) is 22.2. The third-order valence-corrected chi connectivity index (χ3v) is 5.08. The molecule has 3 aromatic rings. The van der Waals surface area contributed by atoms with Crippen LogP contribution in [0.25, 0.3) is 10.2 Å². The predicted octanol–water partition coefficient (Wildman–Crippen LogP) is 3.93. The van der Waals surface area contributed by atoms with Crippen LogP contribution in [0.2, 0.25) is 0 Å². The molecule has 136 valence electrons. The molecule has 0 saturated heterocycles. The number of nitrogens with zero attached hydrogens (tertiary/aromatic N) is 2. The van der Waals surface area contributed by atoms with E-state index in [1.807, 2.05) is 32.9 Å². The lowest BCUT2D eigenvalue weighted by atomic mass is 10.1. The summed E-state index contributed by atoms with van der Waals surface area (Å²) in [5, 5.41) is 13.5. The van der Waals surface area contributed by atoms with Gasteiger partial charge in [-0.2, -0.15) is 0 Å². The summed E-state index contributed by atoms with van der Waals surface area (Å²) in [5.74, 6) is 0.649. The summed E-state index contributed by atoms with van der Waals surface area (Å²) in [7, 11) is 0. The maximum atomic E-state index is 12.3. The minimum absolute atomic E-state index is 0.166. The summed E-state index contributed by atoms with van der Waals surface area (Å²) < 4.78 is 5.32. The van der Waals surface area contributed by atoms with E-state index >= 15 is 0 Å². The van der Waals surface area contributed by atoms with Gasteiger partial charge in [-0.3, -0.25) is 0 Å². The zero-order valence-electron chi connectivity index (χ0n) is 14.9. The van der Waals surface area contributed by atoms with Gasteiger partial charge in [-0.25, -0.2) is 14.8 Å². The van der Waals surface area contributed by atoms with Crippen LogP contribution in [0.4, 0.5) is 5.82 Å². The predicted molar refractivity (Wildman–Crippen MR) is 103 cm³/mol. The molecule has 2 N–H and O–H groups in total. The highest BCUT2D eigenvalue weighted by atomic mass is 32.1. The van der Waals surface area contributed by atoms with E-state index in [9.17, 15) is 9.90 Å². The lowest BCUT2D eigenvalue weighted by molar-refractivity contribution is 0.0383. The maximum absolute atomic E-state index is 12.3. The lowest BCUT2D eigenvalue weighted by Crippen LogP contribution is -2.11. The largest absolute Gasteiger partial charge is 0.508 e. The maximum Gasteiger partial charge on any atom is 0.348 e. The smallest absolute Gasteiger partial charge is 0.348 e. The molecule has 0 atom stereocenters. The van der Waals surface area contributed by atoms with Crippen molar-refractivity contribution in [2.75, 3.05) is 11.9 Å². The van der Waals surface area contributed by atoms with E-state index in [2.05, 4.69) is 15.3 Å². The molecule has 0 amide bonds. The molecule has 7 heteroatoms. The zero-order chi connectivity index (χ0) is 18.7. The Morgan fingerprint density at radius 2 is 2.00 bits per heavy atom. The monoisotopic (exact) mass is 371 g/mol. The van der Waals surface area contributed by atoms with Crippen molar-refractivity contribution in [2.45, 2.75) is 33.3 Å². The highest BCUT2D eigenvalue weighted by molar-refractivity contribution is 7.20. The Morgan fingerprint density at radius 1 is 1.27 bits per heavy atom. The number of aryl methyl sites for hydroxylation is 1. The van der Waals surface area contributed by atoms with Gasteiger partial charge in [-0.15, -0.1) is 11.3 Å². The van der Waals surface area contributed by atoms with Gasteiger partial charge in [0.2, 0.25) is 0 Å². The third kappa shape index (κ3) is 3.94. The first-order chi connectivity index (χ1) is 12.5. The van der Waals surface area contributed by atoms with Crippen molar-refractivity contribution in [1.29, 1.82) is 0 Å². The summed E-state index contributed by atoms with van der Waals surface area (Å²) in [6.45, 7) is 6.23. The Morgan fingerprint density at radius 3 is 2.69 bits per heavy atom. The number of hydrogen-bond acceptors (Lipinski definition) is 7. The topological polar surface area (TPSA) is 84.3 Å². The number of carbonyl (C=O) groups excluding carboxylic acids is 1. The molecule has 0 radical (unpaired) electrons. The highest BCUT2D eigenvalue weighted by Crippen LogP contribution is 2.33. The van der Waals surface area contributed by atoms with Crippen molar-refractivity contribution < 1.29 is 14.6 Å². The second-order valence-corrected chi connectivity index (χ2v) is 7.25. The normalized spacial score (nSPS) is 11.1. The van der Waals surface area contributed by atoms with Crippen LogP contribution in [0, 0.1) is 6.92 Å². The molecule has 0 spiro atoms. The van der Waals surface area contributed by atoms with Crippen LogP contribution in [0.1, 0.15) is 34.6 Å². The van der Waals surface area contributed by atoms with Gasteiger partial charge in [0.15, 0.2) is 0 Å². The Hall–Kier alpha value is -2.67. The second kappa shape index (κ2) is 7.70. The number of hydrogen-bond donors (Lipinski definition) is 2. The number of esters is 1. The number of ether oxygens (including phenoxy) is 1. The molecular weight excluding hydrogens is 350 g/mol. The van der Waals surface area contributed by atoms with E-state index in [4.69, 9.17) is 4.74 Å². The molecule has 2 heterocycles. The van der Waals surface area contributed by atoms with E-state index in [-0.39, 0.29) is 17.8 Å². The standard InChI is InChI=1S/C19H21N3O3S/c1-11(2)25-19(24)16-12(3)15-17(21-10-22-18(15)26-16)20-9-8-13-4-6-14(23)7-5-13/h4-7,10-11,23H,8-9H2,1-3H3,(H,20,21,22). The van der Waals surface area contributed by atoms with Gasteiger partial charge in [0.05, 0.1) is 11.5 Å². The first-order valence-electron chi connectivity index (χ1n) is 8.42. The molecule has 3 rings (SSSR count). The van der Waals surface area contributed by atoms with Gasteiger partial charge in [0.25, 0.3) is 0 Å². The Balaban J connectivity index is 1.79. The Labute approximate surface area is 155 Å². The van der Waals surface area contributed by atoms with Crippen molar-refractivity contribution in [2.24, 2.45) is 0 Å². The molecule has 0 aliphatic carbocycles. The number of aromatic nitrogens is 2. The highest BCUT2D eigenvalue weighted by Gasteiger charge is 2.21. The molecule has 0 bridgehead atoms. The van der Waals surface area contributed by atoms with Gasteiger partial charge >= 0.3 is 5.97 Å². The molecule has 0 aliphatic rings. The molecule has 26 heavy (non-hydrogen) atoms. The van der Waals surface area contributed by atoms with Gasteiger partial charge in [-0.05, 0) is 50.5 Å². The number of phenolic OH excluding ortho intramolecular Hbond substituents is 1. The fourth-order valence-electron chi connectivity index (χ4n) is 2.66. The van der Waals surface area contributed by atoms with Gasteiger partial charge in [-0.1, -0.05) is 12.1 Å². The van der Waals surface area contributed by atoms with E-state index in [0.717, 1.165) is 27.8 Å². The van der Waals surface area contributed by atoms with Gasteiger partial charge < -0.3 is 15.2 Å². The average molecular weight is 371 g/mol. The van der Waals surface area contributed by atoms with Crippen LogP contribution in [-0.4, -0.2) is 33.7 Å². The molecule has 1 aromatic carbocycles. The molecular formula is C19H21N3O3S. The number of carbonyl (C=O) groups is 1. The van der Waals surface area contributed by atoms with Crippen LogP contribution in [-0.2, 0) is 11.2 Å². The van der Waals surface area contributed by atoms with Crippen molar-refractivity contribution in [3.63, 3.8) is 0 Å². The first-order valence-corrected chi connectivity index (χ1v) is 9.24. The SMILES string of the molecule is Cc1c(C(=O)OC(C)C)sc2ncnc(NCCc3ccc(O)cc3)c12. The van der Waals surface area contributed by atoms with Crippen LogP contribution in [0.15, 0.2) is 30.6 Å². The van der Waals surface area contributed by atoms with Crippen LogP contribution in [0.5, 0.6) is 5.75 Å². The van der Waals surface area contributed by atoms with E-state index < -0.39 is 0 Å². The molecule has 0 fully saturated rings. The summed E-state index contributed by atoms with van der Waals surface area (Å²) in [6, 6.07) is 7.13. The van der Waals surface area contributed by atoms with E-state index in [1.54, 1.807) is 12.1 Å². The molecule has 2 aromatic heterocycles. The fraction of sp³-hybridized carbons (Fsp3) is 0.316. The quantitative estimate of drug-likeness (QED) is 0.639. The summed E-state index contributed by atoms with van der Waals surface area (Å²) >= 11 is 1.33. The minimum Gasteiger partial charge on any atom is -0.508 e. The average Bonchev–Trinajstić information content (AvgIpc) is 2.94. The number of aromatic hydroxyl groups is 1. The minimum atomic E-state index is -0.324. The molecule has 0 saturated carbocycles. The Bertz CT molecular complexity index is 920. The number of nitrogens with one attached hydrogen (secondary N) is 1. The van der Waals surface area contributed by atoms with E-state index in [0.29, 0.717) is 17.2 Å². The number of phenols is 1. The number of anilines is 1. The van der Waals surface area contributed by atoms with Crippen LogP contribution in [0.3, 0.4) is 0 Å². The van der Waals surface area contributed by atoms with Crippen molar-refractivity contribution in [3.8, 4) is 5.75 Å². The van der Waals surface area contributed by atoms with Crippen molar-refractivity contribution in [3.05, 3.63) is 46.6 Å². The number of fused-ring (bicyclic) bond motifs is 1. The third-order valence-electron chi connectivity index (χ3n) is 3.90. The van der Waals surface area contributed by atoms with Crippen LogP contribution >= 0.6 is 11.3 Å². The fourth-order valence-corrected chi connectivity index (χ4v) is 3.69. The van der Waals surface area contributed by atoms with E-state index in [1.165, 1.54) is 17.7 Å². The van der Waals surface area contributed by atoms with Gasteiger partial charge in [0.1, 0.15) is 27.6 Å². The molecule has 0 unspecified atom stereocenters. The summed E-state index contributed by atoms with van der Waals surface area (Å²) in [6.07, 6.45) is 2.12. The number of benzene rings is 1. The van der Waals surface area contributed by atoms with Crippen LogP contribution < -0.4 is 5.32 Å². The first kappa shape index (κ1) is 18.1. The molecule has 6 nitrogen and oxygen atoms in total. The van der Waals surface area contributed by atoms with Gasteiger partial charge in [0, 0.05) is 6.54 Å². The lowest BCUT2D eigenvalue weighted by Gasteiger charge is -2.08. The van der Waals surface area contributed by atoms with Crippen molar-refractivity contribution >= 4 is 33.3 Å². The number of thiophene rings is 1. The number of rotatable bonds is 6. The zero-order valence-corrected chi connectivity index (χ0v) is 15.8. The molecule has 0 aliphatic heterocycles.